The zero-order valence-electron chi connectivity index (χ0n) is 13.1. The number of carbonyl (C=O) groups is 1. The van der Waals surface area contributed by atoms with E-state index in [2.05, 4.69) is 15.4 Å². The summed E-state index contributed by atoms with van der Waals surface area (Å²) in [6.07, 6.45) is 0. The molecule has 0 bridgehead atoms. The molecule has 126 valence electrons. The van der Waals surface area contributed by atoms with E-state index in [4.69, 9.17) is 9.47 Å². The monoisotopic (exact) mass is 340 g/mol. The number of tetrazole rings is 1. The topological polar surface area (TPSA) is 79.1 Å². The van der Waals surface area contributed by atoms with Gasteiger partial charge in [-0.25, -0.2) is 4.39 Å². The van der Waals surface area contributed by atoms with Gasteiger partial charge in [-0.05, 0) is 35.5 Å². The van der Waals surface area contributed by atoms with Gasteiger partial charge in [0.05, 0.1) is 0 Å². The normalized spacial score (nSPS) is 12.8. The number of benzene rings is 2. The zero-order valence-corrected chi connectivity index (χ0v) is 13.1. The number of Topliss-reactive ketones (excluding diaryl/α,β-unsaturated/α-hetero) is 1. The second-order valence-corrected chi connectivity index (χ2v) is 5.44. The van der Waals surface area contributed by atoms with Crippen molar-refractivity contribution in [2.75, 3.05) is 13.2 Å². The average molecular weight is 340 g/mol. The number of hydrogen-bond donors (Lipinski definition) is 0. The molecule has 0 radical (unpaired) electrons. The van der Waals surface area contributed by atoms with Crippen LogP contribution in [0.4, 0.5) is 4.39 Å². The van der Waals surface area contributed by atoms with Gasteiger partial charge in [0.1, 0.15) is 25.6 Å². The van der Waals surface area contributed by atoms with Crippen molar-refractivity contribution in [2.45, 2.75) is 6.54 Å². The molecule has 0 aliphatic carbocycles. The molecule has 2 aromatic carbocycles. The van der Waals surface area contributed by atoms with Gasteiger partial charge in [-0.1, -0.05) is 12.1 Å². The van der Waals surface area contributed by atoms with Crippen LogP contribution < -0.4 is 9.47 Å². The molecule has 2 heterocycles. The third-order valence-corrected chi connectivity index (χ3v) is 3.68. The minimum Gasteiger partial charge on any atom is -0.486 e. The molecule has 0 atom stereocenters. The van der Waals surface area contributed by atoms with Crippen molar-refractivity contribution in [3.05, 3.63) is 53.8 Å². The van der Waals surface area contributed by atoms with E-state index in [9.17, 15) is 9.18 Å². The molecule has 8 heteroatoms. The Morgan fingerprint density at radius 2 is 1.96 bits per heavy atom. The predicted octanol–water partition coefficient (Wildman–Crippen LogP) is 2.13. The van der Waals surface area contributed by atoms with Crippen LogP contribution in [-0.2, 0) is 6.54 Å². The fraction of sp³-hybridized carbons (Fsp3) is 0.176. The largest absolute Gasteiger partial charge is 0.486 e. The molecule has 1 aliphatic heterocycles. The summed E-state index contributed by atoms with van der Waals surface area (Å²) >= 11 is 0. The fourth-order valence-corrected chi connectivity index (χ4v) is 2.49. The van der Waals surface area contributed by atoms with Crippen molar-refractivity contribution in [3.63, 3.8) is 0 Å². The van der Waals surface area contributed by atoms with Crippen LogP contribution >= 0.6 is 0 Å². The second kappa shape index (κ2) is 6.31. The molecule has 4 rings (SSSR count). The van der Waals surface area contributed by atoms with Crippen molar-refractivity contribution in [1.29, 1.82) is 0 Å². The number of ether oxygens (including phenoxy) is 2. The lowest BCUT2D eigenvalue weighted by Crippen LogP contribution is -2.17. The van der Waals surface area contributed by atoms with E-state index in [1.54, 1.807) is 30.3 Å². The van der Waals surface area contributed by atoms with Gasteiger partial charge < -0.3 is 9.47 Å². The molecular weight excluding hydrogens is 327 g/mol. The molecule has 0 unspecified atom stereocenters. The summed E-state index contributed by atoms with van der Waals surface area (Å²) in [7, 11) is 0. The number of ketones is 1. The van der Waals surface area contributed by atoms with Gasteiger partial charge in [0.2, 0.25) is 5.82 Å². The predicted molar refractivity (Wildman–Crippen MR) is 85.0 cm³/mol. The third kappa shape index (κ3) is 3.18. The number of hydrogen-bond acceptors (Lipinski definition) is 6. The van der Waals surface area contributed by atoms with Gasteiger partial charge in [0, 0.05) is 11.1 Å². The molecule has 1 aliphatic rings. The Morgan fingerprint density at radius 3 is 2.80 bits per heavy atom. The molecular formula is C17H13FN4O3. The Morgan fingerprint density at radius 1 is 1.12 bits per heavy atom. The van der Waals surface area contributed by atoms with Gasteiger partial charge in [0.15, 0.2) is 17.3 Å². The first kappa shape index (κ1) is 15.3. The molecule has 7 nitrogen and oxygen atoms in total. The molecule has 0 saturated heterocycles. The van der Waals surface area contributed by atoms with Crippen LogP contribution in [0.25, 0.3) is 11.4 Å². The van der Waals surface area contributed by atoms with Crippen LogP contribution in [0.5, 0.6) is 11.5 Å². The number of fused-ring (bicyclic) bond motifs is 1. The maximum absolute atomic E-state index is 13.3. The summed E-state index contributed by atoms with van der Waals surface area (Å²) < 4.78 is 24.2. The molecule has 0 fully saturated rings. The molecule has 1 aromatic heterocycles. The summed E-state index contributed by atoms with van der Waals surface area (Å²) in [6, 6.07) is 10.9. The van der Waals surface area contributed by atoms with Crippen LogP contribution in [0.1, 0.15) is 10.4 Å². The van der Waals surface area contributed by atoms with Crippen LogP contribution in [0.2, 0.25) is 0 Å². The Kier molecular flexibility index (Phi) is 3.85. The standard InChI is InChI=1S/C17H13FN4O3/c18-13-3-1-2-12(8-13)17-19-21-22(20-17)10-14(23)11-4-5-15-16(9-11)25-7-6-24-15/h1-5,8-9H,6-7,10H2. The van der Waals surface area contributed by atoms with Gasteiger partial charge >= 0.3 is 0 Å². The summed E-state index contributed by atoms with van der Waals surface area (Å²) in [4.78, 5) is 13.6. The highest BCUT2D eigenvalue weighted by molar-refractivity contribution is 5.96. The maximum atomic E-state index is 13.3. The third-order valence-electron chi connectivity index (χ3n) is 3.68. The smallest absolute Gasteiger partial charge is 0.205 e. The molecule has 25 heavy (non-hydrogen) atoms. The number of aromatic nitrogens is 4. The number of halogens is 1. The first-order chi connectivity index (χ1) is 12.2. The minimum absolute atomic E-state index is 0.0814. The molecule has 0 N–H and O–H groups in total. The SMILES string of the molecule is O=C(Cn1nnc(-c2cccc(F)c2)n1)c1ccc2c(c1)OCCO2. The van der Waals surface area contributed by atoms with Crippen molar-refractivity contribution in [3.8, 4) is 22.9 Å². The summed E-state index contributed by atoms with van der Waals surface area (Å²) in [5.74, 6) is 0.843. The lowest BCUT2D eigenvalue weighted by molar-refractivity contribution is 0.0960. The van der Waals surface area contributed by atoms with Crippen molar-refractivity contribution < 1.29 is 18.7 Å². The Hall–Kier alpha value is -3.29. The number of nitrogens with zero attached hydrogens (tertiary/aromatic N) is 4. The van der Waals surface area contributed by atoms with E-state index in [-0.39, 0.29) is 24.0 Å². The van der Waals surface area contributed by atoms with Gasteiger partial charge in [-0.15, -0.1) is 10.2 Å². The van der Waals surface area contributed by atoms with Crippen LogP contribution in [0, 0.1) is 5.82 Å². The second-order valence-electron chi connectivity index (χ2n) is 5.44. The van der Waals surface area contributed by atoms with Crippen LogP contribution in [-0.4, -0.2) is 39.2 Å². The highest BCUT2D eigenvalue weighted by atomic mass is 19.1. The van der Waals surface area contributed by atoms with E-state index in [1.807, 2.05) is 0 Å². The lowest BCUT2D eigenvalue weighted by Gasteiger charge is -2.18. The highest BCUT2D eigenvalue weighted by Crippen LogP contribution is 2.30. The Labute approximate surface area is 142 Å². The first-order valence-corrected chi connectivity index (χ1v) is 7.66. The lowest BCUT2D eigenvalue weighted by atomic mass is 10.1. The van der Waals surface area contributed by atoms with Gasteiger partial charge in [-0.2, -0.15) is 4.80 Å². The fourth-order valence-electron chi connectivity index (χ4n) is 2.49. The van der Waals surface area contributed by atoms with Crippen molar-refractivity contribution in [2.24, 2.45) is 0 Å². The van der Waals surface area contributed by atoms with Gasteiger partial charge in [0.25, 0.3) is 0 Å². The van der Waals surface area contributed by atoms with E-state index < -0.39 is 0 Å². The summed E-state index contributed by atoms with van der Waals surface area (Å²) in [6.45, 7) is 0.861. The Balaban J connectivity index is 1.52. The van der Waals surface area contributed by atoms with Crippen LogP contribution in [0.3, 0.4) is 0 Å². The number of rotatable bonds is 4. The summed E-state index contributed by atoms with van der Waals surface area (Å²) in [5.41, 5.74) is 0.965. The highest BCUT2D eigenvalue weighted by Gasteiger charge is 2.16. The van der Waals surface area contributed by atoms with Crippen LogP contribution in [0.15, 0.2) is 42.5 Å². The zero-order chi connectivity index (χ0) is 17.2. The number of carbonyl (C=O) groups excluding carboxylic acids is 1. The van der Waals surface area contributed by atoms with E-state index in [0.29, 0.717) is 35.8 Å². The van der Waals surface area contributed by atoms with Crippen molar-refractivity contribution >= 4 is 5.78 Å². The molecule has 0 amide bonds. The van der Waals surface area contributed by atoms with E-state index >= 15 is 0 Å². The summed E-state index contributed by atoms with van der Waals surface area (Å²) in [5, 5.41) is 11.8. The average Bonchev–Trinajstić information content (AvgIpc) is 3.10. The molecule has 0 spiro atoms. The molecule has 3 aromatic rings. The minimum atomic E-state index is -0.388. The van der Waals surface area contributed by atoms with Gasteiger partial charge in [-0.3, -0.25) is 4.79 Å². The van der Waals surface area contributed by atoms with E-state index in [0.717, 1.165) is 0 Å². The maximum Gasteiger partial charge on any atom is 0.205 e. The molecule has 0 saturated carbocycles. The quantitative estimate of drug-likeness (QED) is 0.677. The van der Waals surface area contributed by atoms with Crippen molar-refractivity contribution in [1.82, 2.24) is 20.2 Å². The van der Waals surface area contributed by atoms with E-state index in [1.165, 1.54) is 16.9 Å². The Bertz CT molecular complexity index is 941. The first-order valence-electron chi connectivity index (χ1n) is 7.66.